The molecule has 3 amide bonds. The molecule has 4 rings (SSSR count). The number of rotatable bonds is 8. The molecule has 9 atom stereocenters. The molecule has 1 aromatic rings. The van der Waals surface area contributed by atoms with Crippen LogP contribution in [-0.2, 0) is 33.3 Å². The number of H-pyrrole nitrogens is 1. The van der Waals surface area contributed by atoms with Crippen LogP contribution in [0.15, 0.2) is 33.7 Å². The Hall–Kier alpha value is -3.61. The van der Waals surface area contributed by atoms with E-state index in [9.17, 15) is 39.3 Å². The number of ether oxygens (including phenoxy) is 4. The van der Waals surface area contributed by atoms with Crippen molar-refractivity contribution < 1.29 is 48.7 Å². The standard InChI is InChI=1S/C23H31N5O12/c1-37-15-14(32)21(28-7-5-12(30)27-23(28)36)39-16(15)17(18(24)33)40-22-13(31)10(29)8-11(38-22)20(35)26-9-4-2-3-6-25-19(9)34/h5,7-10,13-17,21-22,29,31-32H,2-4,6H2,1H3,(H2,24,33)(H,25,34)(H,26,35)(H,27,30,36)/t9-,10-,13-,14+,15-,16-,17+,21+,22+/m0/s1. The third-order valence-corrected chi connectivity index (χ3v) is 6.76. The molecule has 0 spiro atoms. The Morgan fingerprint density at radius 3 is 2.62 bits per heavy atom. The summed E-state index contributed by atoms with van der Waals surface area (Å²) < 4.78 is 22.9. The predicted octanol–water partition coefficient (Wildman–Crippen LogP) is -4.57. The van der Waals surface area contributed by atoms with Gasteiger partial charge in [0.25, 0.3) is 11.5 Å². The maximum Gasteiger partial charge on any atom is 0.330 e. The number of nitrogens with one attached hydrogen (secondary N) is 3. The van der Waals surface area contributed by atoms with Crippen LogP contribution in [0.2, 0.25) is 0 Å². The van der Waals surface area contributed by atoms with Gasteiger partial charge in [0.2, 0.25) is 18.1 Å². The van der Waals surface area contributed by atoms with E-state index in [0.717, 1.165) is 29.3 Å². The minimum atomic E-state index is -1.84. The first-order chi connectivity index (χ1) is 19.0. The Balaban J connectivity index is 1.52. The second-order valence-corrected chi connectivity index (χ2v) is 9.47. The van der Waals surface area contributed by atoms with Crippen molar-refractivity contribution >= 4 is 17.7 Å². The van der Waals surface area contributed by atoms with Crippen molar-refractivity contribution in [3.05, 3.63) is 44.9 Å². The molecule has 0 bridgehead atoms. The van der Waals surface area contributed by atoms with Gasteiger partial charge in [0.1, 0.15) is 36.6 Å². The number of carbonyl (C=O) groups excluding carboxylic acids is 3. The molecule has 1 aromatic heterocycles. The molecule has 0 aromatic carbocycles. The van der Waals surface area contributed by atoms with Crippen LogP contribution in [-0.4, -0.2) is 105 Å². The van der Waals surface area contributed by atoms with Crippen molar-refractivity contribution in [3.63, 3.8) is 0 Å². The first kappa shape index (κ1) is 29.4. The number of aliphatic hydroxyl groups excluding tert-OH is 3. The number of carbonyl (C=O) groups is 3. The Bertz CT molecular complexity index is 1260. The summed E-state index contributed by atoms with van der Waals surface area (Å²) in [5, 5.41) is 36.8. The van der Waals surface area contributed by atoms with Gasteiger partial charge in [-0.3, -0.25) is 28.7 Å². The number of primary amides is 1. The maximum atomic E-state index is 12.8. The van der Waals surface area contributed by atoms with Gasteiger partial charge in [-0.1, -0.05) is 0 Å². The van der Waals surface area contributed by atoms with Crippen molar-refractivity contribution in [1.29, 1.82) is 0 Å². The highest BCUT2D eigenvalue weighted by atomic mass is 16.7. The smallest absolute Gasteiger partial charge is 0.330 e. The minimum Gasteiger partial charge on any atom is -0.456 e. The van der Waals surface area contributed by atoms with Gasteiger partial charge in [0.05, 0.1) is 0 Å². The molecule has 4 heterocycles. The highest BCUT2D eigenvalue weighted by Crippen LogP contribution is 2.34. The molecule has 0 saturated carbocycles. The average Bonchev–Trinajstić information content (AvgIpc) is 3.08. The molecule has 2 fully saturated rings. The van der Waals surface area contributed by atoms with Gasteiger partial charge in [0.15, 0.2) is 18.1 Å². The van der Waals surface area contributed by atoms with Crippen LogP contribution in [0.4, 0.5) is 0 Å². The monoisotopic (exact) mass is 569 g/mol. The zero-order chi connectivity index (χ0) is 29.1. The van der Waals surface area contributed by atoms with Gasteiger partial charge < -0.3 is 50.6 Å². The summed E-state index contributed by atoms with van der Waals surface area (Å²) in [6.45, 7) is 0.470. The van der Waals surface area contributed by atoms with Crippen LogP contribution in [0, 0.1) is 0 Å². The molecule has 40 heavy (non-hydrogen) atoms. The average molecular weight is 570 g/mol. The number of aliphatic hydroxyl groups is 3. The lowest BCUT2D eigenvalue weighted by atomic mass is 10.0. The third-order valence-electron chi connectivity index (χ3n) is 6.76. The number of aromatic amines is 1. The van der Waals surface area contributed by atoms with Crippen LogP contribution in [0.25, 0.3) is 0 Å². The molecule has 0 aliphatic carbocycles. The summed E-state index contributed by atoms with van der Waals surface area (Å²) in [4.78, 5) is 63.2. The van der Waals surface area contributed by atoms with E-state index in [-0.39, 0.29) is 5.91 Å². The highest BCUT2D eigenvalue weighted by molar-refractivity contribution is 5.95. The summed E-state index contributed by atoms with van der Waals surface area (Å²) in [6, 6.07) is 0.158. The van der Waals surface area contributed by atoms with E-state index in [1.54, 1.807) is 0 Å². The SMILES string of the molecule is CO[C@H]1[C@@H](O)[C@H](n2ccc(=O)[nH]c2=O)O[C@@H]1[C@@H](O[C@H]1OC(C(=O)N[C@H]2CCCCNC2=O)=C[C@H](O)[C@@H]1O)C(N)=O. The van der Waals surface area contributed by atoms with Crippen LogP contribution in [0.1, 0.15) is 25.5 Å². The van der Waals surface area contributed by atoms with E-state index >= 15 is 0 Å². The highest BCUT2D eigenvalue weighted by Gasteiger charge is 2.52. The third kappa shape index (κ3) is 6.08. The van der Waals surface area contributed by atoms with E-state index < -0.39 is 84.0 Å². The number of methoxy groups -OCH3 is 1. The summed E-state index contributed by atoms with van der Waals surface area (Å²) in [5.41, 5.74) is 3.91. The number of aromatic nitrogens is 2. The molecule has 0 unspecified atom stereocenters. The molecule has 3 aliphatic heterocycles. The summed E-state index contributed by atoms with van der Waals surface area (Å²) in [6.07, 6.45) is -9.13. The molecule has 0 radical (unpaired) electrons. The topological polar surface area (TPSA) is 254 Å². The Kier molecular flexibility index (Phi) is 9.02. The first-order valence-corrected chi connectivity index (χ1v) is 12.5. The number of hydrogen-bond acceptors (Lipinski definition) is 12. The fourth-order valence-electron chi connectivity index (χ4n) is 4.69. The van der Waals surface area contributed by atoms with E-state index in [0.29, 0.717) is 19.4 Å². The lowest BCUT2D eigenvalue weighted by molar-refractivity contribution is -0.241. The quantitative estimate of drug-likeness (QED) is 0.156. The lowest BCUT2D eigenvalue weighted by Crippen LogP contribution is -2.54. The summed E-state index contributed by atoms with van der Waals surface area (Å²) in [7, 11) is 1.19. The van der Waals surface area contributed by atoms with Gasteiger partial charge >= 0.3 is 5.69 Å². The van der Waals surface area contributed by atoms with Crippen molar-refractivity contribution in [3.8, 4) is 0 Å². The molecule has 3 aliphatic rings. The summed E-state index contributed by atoms with van der Waals surface area (Å²) >= 11 is 0. The lowest BCUT2D eigenvalue weighted by Gasteiger charge is -2.35. The van der Waals surface area contributed by atoms with Crippen molar-refractivity contribution in [2.24, 2.45) is 5.73 Å². The largest absolute Gasteiger partial charge is 0.456 e. The van der Waals surface area contributed by atoms with Gasteiger partial charge in [-0.05, 0) is 25.3 Å². The number of hydrogen-bond donors (Lipinski definition) is 7. The van der Waals surface area contributed by atoms with Crippen molar-refractivity contribution in [2.75, 3.05) is 13.7 Å². The van der Waals surface area contributed by atoms with E-state index in [4.69, 9.17) is 24.7 Å². The molecule has 8 N–H and O–H groups in total. The van der Waals surface area contributed by atoms with E-state index in [2.05, 4.69) is 10.6 Å². The summed E-state index contributed by atoms with van der Waals surface area (Å²) in [5.74, 6) is -2.91. The van der Waals surface area contributed by atoms with Gasteiger partial charge in [0, 0.05) is 25.9 Å². The zero-order valence-electron chi connectivity index (χ0n) is 21.3. The van der Waals surface area contributed by atoms with E-state index in [1.807, 2.05) is 4.98 Å². The molecular weight excluding hydrogens is 538 g/mol. The zero-order valence-corrected chi connectivity index (χ0v) is 21.3. The van der Waals surface area contributed by atoms with Crippen molar-refractivity contribution in [2.45, 2.75) is 74.4 Å². The minimum absolute atomic E-state index is 0.374. The van der Waals surface area contributed by atoms with Gasteiger partial charge in [-0.2, -0.15) is 0 Å². The molecule has 17 heteroatoms. The fraction of sp³-hybridized carbons (Fsp3) is 0.609. The van der Waals surface area contributed by atoms with Gasteiger partial charge in [-0.25, -0.2) is 4.79 Å². The van der Waals surface area contributed by atoms with Crippen molar-refractivity contribution in [1.82, 2.24) is 20.2 Å². The molecule has 17 nitrogen and oxygen atoms in total. The second-order valence-electron chi connectivity index (χ2n) is 9.47. The van der Waals surface area contributed by atoms with Crippen LogP contribution < -0.4 is 27.6 Å². The molecule has 220 valence electrons. The molecular formula is C23H31N5O12. The van der Waals surface area contributed by atoms with Gasteiger partial charge in [-0.15, -0.1) is 0 Å². The second kappa shape index (κ2) is 12.3. The Morgan fingerprint density at radius 2 is 1.95 bits per heavy atom. The maximum absolute atomic E-state index is 12.8. The number of nitrogens with two attached hydrogens (primary N) is 1. The van der Waals surface area contributed by atoms with E-state index in [1.165, 1.54) is 7.11 Å². The first-order valence-electron chi connectivity index (χ1n) is 12.5. The van der Waals surface area contributed by atoms with Crippen LogP contribution >= 0.6 is 0 Å². The Labute approximate surface area is 225 Å². The normalized spacial score (nSPS) is 33.2. The van der Waals surface area contributed by atoms with Crippen LogP contribution in [0.5, 0.6) is 0 Å². The Morgan fingerprint density at radius 1 is 1.20 bits per heavy atom. The van der Waals surface area contributed by atoms with Crippen LogP contribution in [0.3, 0.4) is 0 Å². The molecule has 2 saturated heterocycles. The number of amides is 3. The number of nitrogens with zero attached hydrogens (tertiary/aromatic N) is 1. The fourth-order valence-corrected chi connectivity index (χ4v) is 4.69. The predicted molar refractivity (Wildman–Crippen MR) is 130 cm³/mol.